The minimum Gasteiger partial charge on any atom is -0.323 e. The lowest BCUT2D eigenvalue weighted by Crippen LogP contribution is -2.08. The number of aromatic amines is 1. The van der Waals surface area contributed by atoms with Crippen molar-refractivity contribution in [2.24, 2.45) is 0 Å². The largest absolute Gasteiger partial charge is 0.323 e. The Bertz CT molecular complexity index is 488. The fraction of sp³-hybridized carbons (Fsp3) is 0.0909. The smallest absolute Gasteiger partial charge is 0.266 e. The van der Waals surface area contributed by atoms with E-state index >= 15 is 0 Å². The van der Waals surface area contributed by atoms with Gasteiger partial charge in [0.15, 0.2) is 0 Å². The van der Waals surface area contributed by atoms with Crippen molar-refractivity contribution < 1.29 is 0 Å². The number of nitrogens with zero attached hydrogens (tertiary/aromatic N) is 1. The molecule has 1 heterocycles. The van der Waals surface area contributed by atoms with E-state index in [1.54, 1.807) is 0 Å². The van der Waals surface area contributed by atoms with E-state index in [9.17, 15) is 4.79 Å². The van der Waals surface area contributed by atoms with Gasteiger partial charge >= 0.3 is 0 Å². The van der Waals surface area contributed by atoms with Gasteiger partial charge in [0.25, 0.3) is 5.56 Å². The molecule has 0 bridgehead atoms. The van der Waals surface area contributed by atoms with Crippen LogP contribution in [0, 0.1) is 6.92 Å². The molecule has 0 aliphatic carbocycles. The number of hydrogen-bond acceptors (Lipinski definition) is 2. The molecule has 1 aromatic heterocycles. The molecule has 0 fully saturated rings. The molecule has 0 saturated heterocycles. The average molecular weight is 186 g/mol. The van der Waals surface area contributed by atoms with Crippen LogP contribution in [0.15, 0.2) is 41.3 Å². The van der Waals surface area contributed by atoms with Crippen LogP contribution in [0.25, 0.3) is 11.3 Å². The van der Waals surface area contributed by atoms with Crippen molar-refractivity contribution in [1.82, 2.24) is 9.97 Å². The highest BCUT2D eigenvalue weighted by atomic mass is 16.1. The third-order valence-corrected chi connectivity index (χ3v) is 2.02. The van der Waals surface area contributed by atoms with Crippen LogP contribution < -0.4 is 5.56 Å². The second-order valence-corrected chi connectivity index (χ2v) is 3.09. The van der Waals surface area contributed by atoms with Crippen molar-refractivity contribution in [1.29, 1.82) is 0 Å². The Balaban J connectivity index is 2.58. The Morgan fingerprint density at radius 1 is 1.21 bits per heavy atom. The van der Waals surface area contributed by atoms with Gasteiger partial charge in [0.1, 0.15) is 0 Å². The first-order chi connectivity index (χ1) is 6.77. The van der Waals surface area contributed by atoms with E-state index in [2.05, 4.69) is 9.97 Å². The van der Waals surface area contributed by atoms with Crippen LogP contribution in [-0.2, 0) is 0 Å². The second-order valence-electron chi connectivity index (χ2n) is 3.09. The van der Waals surface area contributed by atoms with Gasteiger partial charge in [0, 0.05) is 11.3 Å². The molecule has 70 valence electrons. The first-order valence-corrected chi connectivity index (χ1v) is 4.39. The standard InChI is InChI=1S/C11H10N2O/c1-8-11(12-7-10(14)13-8)9-5-3-2-4-6-9/h2-7H,1H3,(H,13,14). The van der Waals surface area contributed by atoms with Crippen LogP contribution in [-0.4, -0.2) is 9.97 Å². The van der Waals surface area contributed by atoms with Gasteiger partial charge in [-0.25, -0.2) is 4.98 Å². The molecular weight excluding hydrogens is 176 g/mol. The monoisotopic (exact) mass is 186 g/mol. The topological polar surface area (TPSA) is 45.8 Å². The van der Waals surface area contributed by atoms with E-state index in [-0.39, 0.29) is 5.56 Å². The number of hydrogen-bond donors (Lipinski definition) is 1. The number of H-pyrrole nitrogens is 1. The van der Waals surface area contributed by atoms with Crippen molar-refractivity contribution in [3.05, 3.63) is 52.6 Å². The number of aromatic nitrogens is 2. The van der Waals surface area contributed by atoms with Crippen LogP contribution in [0.2, 0.25) is 0 Å². The summed E-state index contributed by atoms with van der Waals surface area (Å²) >= 11 is 0. The minimum absolute atomic E-state index is 0.165. The zero-order valence-electron chi connectivity index (χ0n) is 7.82. The molecule has 0 unspecified atom stereocenters. The summed E-state index contributed by atoms with van der Waals surface area (Å²) in [5.74, 6) is 0. The molecule has 1 N–H and O–H groups in total. The lowest BCUT2D eigenvalue weighted by Gasteiger charge is -2.02. The summed E-state index contributed by atoms with van der Waals surface area (Å²) in [5.41, 5.74) is 2.47. The van der Waals surface area contributed by atoms with E-state index in [1.807, 2.05) is 37.3 Å². The molecule has 2 aromatic rings. The van der Waals surface area contributed by atoms with E-state index in [1.165, 1.54) is 6.20 Å². The number of benzene rings is 1. The Kier molecular flexibility index (Phi) is 2.14. The van der Waals surface area contributed by atoms with E-state index in [0.717, 1.165) is 17.0 Å². The zero-order valence-corrected chi connectivity index (χ0v) is 7.82. The van der Waals surface area contributed by atoms with E-state index < -0.39 is 0 Å². The molecule has 0 radical (unpaired) electrons. The maximum atomic E-state index is 11.0. The quantitative estimate of drug-likeness (QED) is 0.737. The van der Waals surface area contributed by atoms with Crippen molar-refractivity contribution in [2.75, 3.05) is 0 Å². The first kappa shape index (κ1) is 8.69. The van der Waals surface area contributed by atoms with Gasteiger partial charge in [-0.15, -0.1) is 0 Å². The predicted molar refractivity (Wildman–Crippen MR) is 55.0 cm³/mol. The van der Waals surface area contributed by atoms with Gasteiger partial charge in [0.05, 0.1) is 11.9 Å². The Morgan fingerprint density at radius 3 is 2.57 bits per heavy atom. The molecular formula is C11H10N2O. The van der Waals surface area contributed by atoms with E-state index in [4.69, 9.17) is 0 Å². The Hall–Kier alpha value is -1.90. The first-order valence-electron chi connectivity index (χ1n) is 4.39. The SMILES string of the molecule is Cc1[nH]c(=O)cnc1-c1ccccc1. The normalized spacial score (nSPS) is 10.1. The third kappa shape index (κ3) is 1.57. The van der Waals surface area contributed by atoms with Crippen molar-refractivity contribution in [3.63, 3.8) is 0 Å². The summed E-state index contributed by atoms with van der Waals surface area (Å²) in [6, 6.07) is 9.77. The van der Waals surface area contributed by atoms with Gasteiger partial charge in [0.2, 0.25) is 0 Å². The van der Waals surface area contributed by atoms with E-state index in [0.29, 0.717) is 0 Å². The van der Waals surface area contributed by atoms with Crippen LogP contribution in [0.1, 0.15) is 5.69 Å². The summed E-state index contributed by atoms with van der Waals surface area (Å²) in [6.07, 6.45) is 1.30. The highest BCUT2D eigenvalue weighted by Gasteiger charge is 2.02. The molecule has 0 aliphatic heterocycles. The molecule has 3 heteroatoms. The van der Waals surface area contributed by atoms with Crippen molar-refractivity contribution in [2.45, 2.75) is 6.92 Å². The molecule has 0 aliphatic rings. The lowest BCUT2D eigenvalue weighted by atomic mass is 10.1. The summed E-state index contributed by atoms with van der Waals surface area (Å²) in [6.45, 7) is 1.84. The second kappa shape index (κ2) is 3.46. The fourth-order valence-corrected chi connectivity index (χ4v) is 1.38. The van der Waals surface area contributed by atoms with Crippen LogP contribution >= 0.6 is 0 Å². The minimum atomic E-state index is -0.165. The van der Waals surface area contributed by atoms with Crippen molar-refractivity contribution in [3.8, 4) is 11.3 Å². The molecule has 0 saturated carbocycles. The number of nitrogens with one attached hydrogen (secondary N) is 1. The Labute approximate surface area is 81.5 Å². The summed E-state index contributed by atoms with van der Waals surface area (Å²) in [4.78, 5) is 17.8. The van der Waals surface area contributed by atoms with Gasteiger partial charge in [-0.3, -0.25) is 4.79 Å². The van der Waals surface area contributed by atoms with Gasteiger partial charge < -0.3 is 4.98 Å². The highest BCUT2D eigenvalue weighted by Crippen LogP contribution is 2.16. The highest BCUT2D eigenvalue weighted by molar-refractivity contribution is 5.60. The molecule has 0 spiro atoms. The van der Waals surface area contributed by atoms with Gasteiger partial charge in [-0.1, -0.05) is 30.3 Å². The average Bonchev–Trinajstić information content (AvgIpc) is 2.19. The maximum absolute atomic E-state index is 11.0. The maximum Gasteiger partial charge on any atom is 0.266 e. The number of rotatable bonds is 1. The summed E-state index contributed by atoms with van der Waals surface area (Å²) in [5, 5.41) is 0. The summed E-state index contributed by atoms with van der Waals surface area (Å²) < 4.78 is 0. The molecule has 1 aromatic carbocycles. The molecule has 0 atom stereocenters. The predicted octanol–water partition coefficient (Wildman–Crippen LogP) is 1.75. The third-order valence-electron chi connectivity index (χ3n) is 2.02. The van der Waals surface area contributed by atoms with Crippen LogP contribution in [0.3, 0.4) is 0 Å². The Morgan fingerprint density at radius 2 is 1.93 bits per heavy atom. The van der Waals surface area contributed by atoms with Crippen molar-refractivity contribution >= 4 is 0 Å². The van der Waals surface area contributed by atoms with Crippen LogP contribution in [0.5, 0.6) is 0 Å². The number of aryl methyl sites for hydroxylation is 1. The van der Waals surface area contributed by atoms with Gasteiger partial charge in [-0.05, 0) is 6.92 Å². The zero-order chi connectivity index (χ0) is 9.97. The van der Waals surface area contributed by atoms with Gasteiger partial charge in [-0.2, -0.15) is 0 Å². The molecule has 2 rings (SSSR count). The fourth-order valence-electron chi connectivity index (χ4n) is 1.38. The van der Waals surface area contributed by atoms with Crippen LogP contribution in [0.4, 0.5) is 0 Å². The summed E-state index contributed by atoms with van der Waals surface area (Å²) in [7, 11) is 0. The molecule has 3 nitrogen and oxygen atoms in total. The lowest BCUT2D eigenvalue weighted by molar-refractivity contribution is 1.07. The molecule has 14 heavy (non-hydrogen) atoms. The molecule has 0 amide bonds.